The summed E-state index contributed by atoms with van der Waals surface area (Å²) in [7, 11) is 0. The summed E-state index contributed by atoms with van der Waals surface area (Å²) in [5.74, 6) is 0.309. The average Bonchev–Trinajstić information content (AvgIpc) is 3.45. The molecule has 0 radical (unpaired) electrons. The van der Waals surface area contributed by atoms with Gasteiger partial charge in [0.15, 0.2) is 5.96 Å². The lowest BCUT2D eigenvalue weighted by Crippen LogP contribution is -2.49. The van der Waals surface area contributed by atoms with Gasteiger partial charge >= 0.3 is 5.97 Å². The highest BCUT2D eigenvalue weighted by atomic mass is 16.4. The largest absolute Gasteiger partial charge is 0.478 e. The zero-order valence-corrected chi connectivity index (χ0v) is 23.6. The van der Waals surface area contributed by atoms with Gasteiger partial charge in [0.05, 0.1) is 24.7 Å². The number of nitrogens with zero attached hydrogens (tertiary/aromatic N) is 1. The van der Waals surface area contributed by atoms with Gasteiger partial charge in [-0.15, -0.1) is 0 Å². The lowest BCUT2D eigenvalue weighted by Gasteiger charge is -2.33. The van der Waals surface area contributed by atoms with Gasteiger partial charge in [-0.25, -0.2) is 9.79 Å². The maximum atomic E-state index is 12.0. The van der Waals surface area contributed by atoms with Crippen LogP contribution in [-0.2, 0) is 11.2 Å². The number of aliphatic imine (C=N–C) groups is 1. The number of anilines is 1. The molecule has 220 valence electrons. The summed E-state index contributed by atoms with van der Waals surface area (Å²) >= 11 is 0. The number of pyridine rings is 1. The Morgan fingerprint density at radius 3 is 2.62 bits per heavy atom. The number of guanidine groups is 1. The molecular formula is C30H46N6O4. The fraction of sp³-hybridized carbons (Fsp3) is 0.567. The minimum atomic E-state index is -1.04. The summed E-state index contributed by atoms with van der Waals surface area (Å²) in [5.41, 5.74) is 7.62. The summed E-state index contributed by atoms with van der Waals surface area (Å²) in [6.07, 6.45) is 16.1. The Balaban J connectivity index is 1.80. The molecule has 4 unspecified atom stereocenters. The highest BCUT2D eigenvalue weighted by molar-refractivity contribution is 5.82. The Kier molecular flexibility index (Phi) is 12.8. The lowest BCUT2D eigenvalue weighted by atomic mass is 9.85. The number of H-pyrrole nitrogens is 2. The van der Waals surface area contributed by atoms with Crippen molar-refractivity contribution in [3.05, 3.63) is 64.2 Å². The summed E-state index contributed by atoms with van der Waals surface area (Å²) in [6.45, 7) is 2.10. The van der Waals surface area contributed by atoms with Crippen LogP contribution in [0.15, 0.2) is 58.1 Å². The summed E-state index contributed by atoms with van der Waals surface area (Å²) in [4.78, 5) is 34.0. The zero-order valence-electron chi connectivity index (χ0n) is 23.6. The van der Waals surface area contributed by atoms with E-state index >= 15 is 0 Å². The van der Waals surface area contributed by atoms with E-state index in [1.807, 2.05) is 24.4 Å². The number of carboxylic acid groups (broad SMARTS) is 1. The van der Waals surface area contributed by atoms with Crippen LogP contribution in [0.2, 0.25) is 0 Å². The number of hydrogen-bond acceptors (Lipinski definition) is 7. The smallest absolute Gasteiger partial charge is 0.328 e. The molecule has 0 saturated heterocycles. The van der Waals surface area contributed by atoms with E-state index in [-0.39, 0.29) is 30.2 Å². The third-order valence-corrected chi connectivity index (χ3v) is 7.58. The van der Waals surface area contributed by atoms with Crippen molar-refractivity contribution in [2.24, 2.45) is 16.6 Å². The molecule has 40 heavy (non-hydrogen) atoms. The highest BCUT2D eigenvalue weighted by Crippen LogP contribution is 2.28. The van der Waals surface area contributed by atoms with Crippen molar-refractivity contribution >= 4 is 17.7 Å². The normalized spacial score (nSPS) is 18.9. The number of hydrogen-bond donors (Lipinski definition) is 7. The second kappa shape index (κ2) is 16.5. The number of aromatic nitrogens is 2. The van der Waals surface area contributed by atoms with E-state index in [0.717, 1.165) is 37.1 Å². The summed E-state index contributed by atoms with van der Waals surface area (Å²) in [6, 6.07) is 6.17. The molecule has 3 heterocycles. The van der Waals surface area contributed by atoms with E-state index in [0.29, 0.717) is 24.3 Å². The van der Waals surface area contributed by atoms with Gasteiger partial charge in [-0.1, -0.05) is 57.9 Å². The molecule has 2 aromatic heterocycles. The van der Waals surface area contributed by atoms with Crippen molar-refractivity contribution in [1.82, 2.24) is 15.3 Å². The van der Waals surface area contributed by atoms with Crippen molar-refractivity contribution in [2.75, 3.05) is 11.9 Å². The topological polar surface area (TPSA) is 169 Å². The number of unbranched alkanes of at least 4 members (excludes halogenated alkanes) is 5. The molecule has 1 aliphatic heterocycles. The number of rotatable bonds is 18. The third kappa shape index (κ3) is 10.6. The summed E-state index contributed by atoms with van der Waals surface area (Å²) in [5, 5.41) is 26.0. The van der Waals surface area contributed by atoms with Crippen LogP contribution < -0.4 is 21.9 Å². The van der Waals surface area contributed by atoms with Gasteiger partial charge in [0.25, 0.3) is 0 Å². The number of nitrogens with two attached hydrogens (primary N) is 1. The van der Waals surface area contributed by atoms with Crippen LogP contribution in [0.25, 0.3) is 0 Å². The first-order valence-corrected chi connectivity index (χ1v) is 14.6. The standard InChI is InChI=1S/C30H46N6O4/c1-2-3-4-5-6-7-9-21(16-22-12-14-28(38)33-19-22)11-13-25(35-27-10-8-15-32-27)24(18-29(39)40)26-17-23(20-37)34-30(31)36-26/h8,10,12,14-15,18-19,21,23,25-26,32,35,37H,2-7,9,11,13,16-17,20H2,1H3,(H,33,38)(H,39,40)(H3,31,34,36). The molecule has 0 aromatic carbocycles. The molecule has 0 saturated carbocycles. The quantitative estimate of drug-likeness (QED) is 0.108. The Morgan fingerprint density at radius 2 is 1.95 bits per heavy atom. The molecule has 0 aliphatic carbocycles. The maximum absolute atomic E-state index is 12.0. The fourth-order valence-electron chi connectivity index (χ4n) is 5.50. The van der Waals surface area contributed by atoms with Crippen LogP contribution >= 0.6 is 0 Å². The highest BCUT2D eigenvalue weighted by Gasteiger charge is 2.30. The number of aliphatic hydroxyl groups is 1. The molecule has 10 nitrogen and oxygen atoms in total. The van der Waals surface area contributed by atoms with Crippen LogP contribution in [0.4, 0.5) is 5.82 Å². The van der Waals surface area contributed by atoms with Gasteiger partial charge in [0.1, 0.15) is 5.82 Å². The molecule has 10 heteroatoms. The Morgan fingerprint density at radius 1 is 1.15 bits per heavy atom. The van der Waals surface area contributed by atoms with Crippen LogP contribution in [0.5, 0.6) is 0 Å². The lowest BCUT2D eigenvalue weighted by molar-refractivity contribution is -0.131. The minimum absolute atomic E-state index is 0.113. The monoisotopic (exact) mass is 554 g/mol. The zero-order chi connectivity index (χ0) is 28.7. The number of aliphatic carboxylic acids is 1. The van der Waals surface area contributed by atoms with E-state index in [1.165, 1.54) is 38.2 Å². The molecule has 0 fully saturated rings. The third-order valence-electron chi connectivity index (χ3n) is 7.58. The van der Waals surface area contributed by atoms with Crippen molar-refractivity contribution in [3.63, 3.8) is 0 Å². The number of aliphatic hydroxyl groups excluding tert-OH is 1. The van der Waals surface area contributed by atoms with Crippen molar-refractivity contribution < 1.29 is 15.0 Å². The van der Waals surface area contributed by atoms with Crippen molar-refractivity contribution in [2.45, 2.75) is 95.7 Å². The van der Waals surface area contributed by atoms with E-state index in [1.54, 1.807) is 12.3 Å². The Bertz CT molecular complexity index is 1120. The Hall–Kier alpha value is -3.53. The van der Waals surface area contributed by atoms with Gasteiger partial charge in [-0.05, 0) is 54.9 Å². The van der Waals surface area contributed by atoms with E-state index < -0.39 is 12.0 Å². The van der Waals surface area contributed by atoms with E-state index in [2.05, 4.69) is 32.5 Å². The van der Waals surface area contributed by atoms with Crippen LogP contribution in [0.3, 0.4) is 0 Å². The van der Waals surface area contributed by atoms with Gasteiger partial charge in [-0.2, -0.15) is 0 Å². The molecule has 0 bridgehead atoms. The van der Waals surface area contributed by atoms with E-state index in [4.69, 9.17) is 5.73 Å². The SMILES string of the molecule is CCCCCCCCC(CCC(Nc1ccc[nH]1)C(=CC(=O)O)C1CC(CO)NC(N)=N1)Cc1ccc(=O)[nH]c1. The predicted octanol–water partition coefficient (Wildman–Crippen LogP) is 3.92. The minimum Gasteiger partial charge on any atom is -0.478 e. The Labute approximate surface area is 236 Å². The van der Waals surface area contributed by atoms with Crippen LogP contribution in [0, 0.1) is 5.92 Å². The molecular weight excluding hydrogens is 508 g/mol. The molecule has 0 spiro atoms. The first-order chi connectivity index (χ1) is 19.4. The van der Waals surface area contributed by atoms with Crippen molar-refractivity contribution in [3.8, 4) is 0 Å². The van der Waals surface area contributed by atoms with Gasteiger partial charge in [-0.3, -0.25) is 4.79 Å². The molecule has 2 aromatic rings. The number of aromatic amines is 2. The molecule has 0 amide bonds. The number of nitrogens with one attached hydrogen (secondary N) is 4. The van der Waals surface area contributed by atoms with Gasteiger partial charge < -0.3 is 36.5 Å². The number of carbonyl (C=O) groups is 1. The van der Waals surface area contributed by atoms with Gasteiger partial charge in [0, 0.05) is 24.5 Å². The van der Waals surface area contributed by atoms with Gasteiger partial charge in [0.2, 0.25) is 5.56 Å². The molecule has 8 N–H and O–H groups in total. The summed E-state index contributed by atoms with van der Waals surface area (Å²) < 4.78 is 0. The second-order valence-electron chi connectivity index (χ2n) is 10.8. The van der Waals surface area contributed by atoms with Crippen LogP contribution in [-0.4, -0.2) is 56.8 Å². The first-order valence-electron chi connectivity index (χ1n) is 14.6. The predicted molar refractivity (Wildman–Crippen MR) is 159 cm³/mol. The molecule has 4 atom stereocenters. The fourth-order valence-corrected chi connectivity index (χ4v) is 5.50. The van der Waals surface area contributed by atoms with E-state index in [9.17, 15) is 19.8 Å². The van der Waals surface area contributed by atoms with Crippen molar-refractivity contribution in [1.29, 1.82) is 0 Å². The second-order valence-corrected chi connectivity index (χ2v) is 10.8. The maximum Gasteiger partial charge on any atom is 0.328 e. The van der Waals surface area contributed by atoms with Crippen LogP contribution in [0.1, 0.15) is 76.7 Å². The average molecular weight is 555 g/mol. The number of carboxylic acids is 1. The molecule has 3 rings (SSSR count). The molecule has 1 aliphatic rings. The first kappa shape index (κ1) is 31.0.